The molecule has 0 fully saturated rings. The lowest BCUT2D eigenvalue weighted by Gasteiger charge is -2.16. The molecule has 1 atom stereocenters. The SMILES string of the molecule is COC(=O)[C@@H](CCSC)NC(=O)c1ccc(SC(F)(F)F)cc1. The summed E-state index contributed by atoms with van der Waals surface area (Å²) >= 11 is 1.27. The molecule has 0 heterocycles. The molecule has 0 aliphatic heterocycles. The van der Waals surface area contributed by atoms with E-state index in [2.05, 4.69) is 10.1 Å². The van der Waals surface area contributed by atoms with Crippen LogP contribution in [-0.2, 0) is 9.53 Å². The lowest BCUT2D eigenvalue weighted by molar-refractivity contribution is -0.142. The molecule has 0 spiro atoms. The topological polar surface area (TPSA) is 55.4 Å². The van der Waals surface area contributed by atoms with Gasteiger partial charge in [-0.05, 0) is 54.5 Å². The van der Waals surface area contributed by atoms with E-state index in [1.165, 1.54) is 43.1 Å². The second-order valence-corrected chi connectivity index (χ2v) is 6.53. The number of benzene rings is 1. The van der Waals surface area contributed by atoms with Crippen molar-refractivity contribution >= 4 is 35.4 Å². The van der Waals surface area contributed by atoms with E-state index in [1.54, 1.807) is 0 Å². The van der Waals surface area contributed by atoms with Gasteiger partial charge in [0.05, 0.1) is 7.11 Å². The number of rotatable bonds is 7. The Hall–Kier alpha value is -1.35. The fraction of sp³-hybridized carbons (Fsp3) is 0.429. The number of ether oxygens (including phenoxy) is 1. The molecule has 0 aliphatic rings. The molecular weight excluding hydrogens is 351 g/mol. The van der Waals surface area contributed by atoms with Crippen LogP contribution < -0.4 is 5.32 Å². The monoisotopic (exact) mass is 367 g/mol. The zero-order valence-corrected chi connectivity index (χ0v) is 14.1. The van der Waals surface area contributed by atoms with Gasteiger partial charge in [-0.1, -0.05) is 0 Å². The van der Waals surface area contributed by atoms with E-state index in [9.17, 15) is 22.8 Å². The Balaban J connectivity index is 2.73. The Kier molecular flexibility index (Phi) is 7.77. The second kappa shape index (κ2) is 9.07. The van der Waals surface area contributed by atoms with Crippen molar-refractivity contribution in [2.24, 2.45) is 0 Å². The molecule has 128 valence electrons. The van der Waals surface area contributed by atoms with Crippen LogP contribution in [0.3, 0.4) is 0 Å². The fourth-order valence-electron chi connectivity index (χ4n) is 1.68. The van der Waals surface area contributed by atoms with E-state index in [4.69, 9.17) is 0 Å². The number of amides is 1. The number of esters is 1. The van der Waals surface area contributed by atoms with Gasteiger partial charge in [-0.3, -0.25) is 4.79 Å². The largest absolute Gasteiger partial charge is 0.467 e. The highest BCUT2D eigenvalue weighted by atomic mass is 32.2. The van der Waals surface area contributed by atoms with Crippen LogP contribution in [0.5, 0.6) is 0 Å². The van der Waals surface area contributed by atoms with Crippen molar-refractivity contribution in [2.75, 3.05) is 19.1 Å². The lowest BCUT2D eigenvalue weighted by Crippen LogP contribution is -2.41. The van der Waals surface area contributed by atoms with Gasteiger partial charge in [-0.2, -0.15) is 24.9 Å². The van der Waals surface area contributed by atoms with E-state index in [1.807, 2.05) is 6.26 Å². The van der Waals surface area contributed by atoms with Gasteiger partial charge in [-0.15, -0.1) is 0 Å². The van der Waals surface area contributed by atoms with E-state index in [0.29, 0.717) is 12.2 Å². The minimum atomic E-state index is -4.38. The van der Waals surface area contributed by atoms with E-state index in [-0.39, 0.29) is 22.2 Å². The highest BCUT2D eigenvalue weighted by Crippen LogP contribution is 2.36. The summed E-state index contributed by atoms with van der Waals surface area (Å²) in [5, 5.41) is 2.53. The third-order valence-corrected chi connectivity index (χ3v) is 4.14. The Labute approximate surface area is 140 Å². The Morgan fingerprint density at radius 3 is 2.35 bits per heavy atom. The van der Waals surface area contributed by atoms with Crippen molar-refractivity contribution in [2.45, 2.75) is 22.9 Å². The number of carbonyl (C=O) groups excluding carboxylic acids is 2. The first-order chi connectivity index (χ1) is 10.8. The van der Waals surface area contributed by atoms with Crippen LogP contribution in [0.25, 0.3) is 0 Å². The van der Waals surface area contributed by atoms with Crippen LogP contribution in [0, 0.1) is 0 Å². The van der Waals surface area contributed by atoms with Crippen LogP contribution in [-0.4, -0.2) is 42.5 Å². The molecule has 0 aliphatic carbocycles. The van der Waals surface area contributed by atoms with E-state index < -0.39 is 23.4 Å². The number of halogens is 3. The van der Waals surface area contributed by atoms with Crippen LogP contribution in [0.1, 0.15) is 16.8 Å². The van der Waals surface area contributed by atoms with Gasteiger partial charge in [-0.25, -0.2) is 4.79 Å². The second-order valence-electron chi connectivity index (χ2n) is 4.40. The Morgan fingerprint density at radius 2 is 1.87 bits per heavy atom. The van der Waals surface area contributed by atoms with Gasteiger partial charge < -0.3 is 10.1 Å². The molecule has 0 radical (unpaired) electrons. The average molecular weight is 367 g/mol. The molecule has 4 nitrogen and oxygen atoms in total. The summed E-state index contributed by atoms with van der Waals surface area (Å²) in [4.78, 5) is 23.7. The van der Waals surface area contributed by atoms with E-state index in [0.717, 1.165) is 0 Å². The minimum absolute atomic E-state index is 0.0130. The zero-order chi connectivity index (χ0) is 17.5. The molecular formula is C14H16F3NO3S2. The van der Waals surface area contributed by atoms with Crippen LogP contribution in [0.4, 0.5) is 13.2 Å². The van der Waals surface area contributed by atoms with Crippen LogP contribution >= 0.6 is 23.5 Å². The summed E-state index contributed by atoms with van der Waals surface area (Å²) < 4.78 is 41.4. The van der Waals surface area contributed by atoms with Gasteiger partial charge in [0.2, 0.25) is 0 Å². The standard InChI is InChI=1S/C14H16F3NO3S2/c1-21-13(20)11(7-8-22-2)18-12(19)9-3-5-10(6-4-9)23-14(15,16)17/h3-6,11H,7-8H2,1-2H3,(H,18,19)/t11-/m1/s1. The first kappa shape index (κ1) is 19.7. The predicted octanol–water partition coefficient (Wildman–Crippen LogP) is 3.32. The third-order valence-electron chi connectivity index (χ3n) is 2.75. The highest BCUT2D eigenvalue weighted by Gasteiger charge is 2.29. The molecule has 9 heteroatoms. The number of methoxy groups -OCH3 is 1. The Morgan fingerprint density at radius 1 is 1.26 bits per heavy atom. The lowest BCUT2D eigenvalue weighted by atomic mass is 10.1. The van der Waals surface area contributed by atoms with Crippen molar-refractivity contribution in [3.63, 3.8) is 0 Å². The molecule has 1 rings (SSSR count). The average Bonchev–Trinajstić information content (AvgIpc) is 2.49. The molecule has 0 bridgehead atoms. The summed E-state index contributed by atoms with van der Waals surface area (Å²) in [5.74, 6) is -0.442. The molecule has 1 aromatic rings. The maximum Gasteiger partial charge on any atom is 0.446 e. The van der Waals surface area contributed by atoms with Crippen molar-refractivity contribution in [1.29, 1.82) is 0 Å². The first-order valence-electron chi connectivity index (χ1n) is 6.50. The van der Waals surface area contributed by atoms with Crippen LogP contribution in [0.15, 0.2) is 29.2 Å². The molecule has 0 saturated heterocycles. The van der Waals surface area contributed by atoms with Crippen molar-refractivity contribution in [3.8, 4) is 0 Å². The third kappa shape index (κ3) is 7.17. The number of hydrogen-bond donors (Lipinski definition) is 1. The molecule has 0 aromatic heterocycles. The summed E-state index contributed by atoms with van der Waals surface area (Å²) in [5.41, 5.74) is -4.20. The van der Waals surface area contributed by atoms with Crippen LogP contribution in [0.2, 0.25) is 0 Å². The smallest absolute Gasteiger partial charge is 0.446 e. The maximum absolute atomic E-state index is 12.2. The first-order valence-corrected chi connectivity index (χ1v) is 8.71. The molecule has 1 amide bonds. The molecule has 0 unspecified atom stereocenters. The molecule has 1 aromatic carbocycles. The summed E-state index contributed by atoms with van der Waals surface area (Å²) in [6, 6.07) is 4.20. The fourth-order valence-corrected chi connectivity index (χ4v) is 2.69. The maximum atomic E-state index is 12.2. The summed E-state index contributed by atoms with van der Waals surface area (Å²) in [6.45, 7) is 0. The van der Waals surface area contributed by atoms with Gasteiger partial charge >= 0.3 is 11.5 Å². The Bertz CT molecular complexity index is 535. The summed E-state index contributed by atoms with van der Waals surface area (Å²) in [7, 11) is 1.23. The highest BCUT2D eigenvalue weighted by molar-refractivity contribution is 8.00. The van der Waals surface area contributed by atoms with Gasteiger partial charge in [0.15, 0.2) is 0 Å². The van der Waals surface area contributed by atoms with E-state index >= 15 is 0 Å². The van der Waals surface area contributed by atoms with Gasteiger partial charge in [0, 0.05) is 10.5 Å². The molecule has 0 saturated carbocycles. The minimum Gasteiger partial charge on any atom is -0.467 e. The predicted molar refractivity (Wildman–Crippen MR) is 84.6 cm³/mol. The normalized spacial score (nSPS) is 12.6. The number of carbonyl (C=O) groups is 2. The quantitative estimate of drug-likeness (QED) is 0.592. The van der Waals surface area contributed by atoms with Crippen molar-refractivity contribution < 1.29 is 27.5 Å². The number of thioether (sulfide) groups is 2. The number of alkyl halides is 3. The zero-order valence-electron chi connectivity index (χ0n) is 12.5. The molecule has 23 heavy (non-hydrogen) atoms. The number of hydrogen-bond acceptors (Lipinski definition) is 5. The van der Waals surface area contributed by atoms with Gasteiger partial charge in [0.1, 0.15) is 6.04 Å². The van der Waals surface area contributed by atoms with Gasteiger partial charge in [0.25, 0.3) is 5.91 Å². The molecule has 1 N–H and O–H groups in total. The number of nitrogens with one attached hydrogen (secondary N) is 1. The van der Waals surface area contributed by atoms with Crippen molar-refractivity contribution in [3.05, 3.63) is 29.8 Å². The summed E-state index contributed by atoms with van der Waals surface area (Å²) in [6.07, 6.45) is 2.27. The van der Waals surface area contributed by atoms with Crippen molar-refractivity contribution in [1.82, 2.24) is 5.32 Å².